The predicted octanol–water partition coefficient (Wildman–Crippen LogP) is 5.90. The molecule has 0 aliphatic rings. The quantitative estimate of drug-likeness (QED) is 0.678. The Morgan fingerprint density at radius 2 is 1.84 bits per heavy atom. The molecule has 0 atom stereocenters. The first-order valence-electron chi connectivity index (χ1n) is 8.17. The summed E-state index contributed by atoms with van der Waals surface area (Å²) >= 11 is 12.0. The number of nitrogens with one attached hydrogen (secondary N) is 1. The lowest BCUT2D eigenvalue weighted by atomic mass is 10.1. The van der Waals surface area contributed by atoms with Gasteiger partial charge in [-0.15, -0.1) is 0 Å². The summed E-state index contributed by atoms with van der Waals surface area (Å²) in [6, 6.07) is 11.0. The summed E-state index contributed by atoms with van der Waals surface area (Å²) in [5.41, 5.74) is 3.49. The average Bonchev–Trinajstić information content (AvgIpc) is 2.59. The molecule has 0 aliphatic heterocycles. The number of amides is 1. The minimum Gasteiger partial charge on any atom is -0.444 e. The first-order valence-corrected chi connectivity index (χ1v) is 8.93. The molecule has 2 aromatic carbocycles. The fourth-order valence-corrected chi connectivity index (χ4v) is 2.88. The van der Waals surface area contributed by atoms with Gasteiger partial charge in [-0.3, -0.25) is 5.32 Å². The van der Waals surface area contributed by atoms with Crippen LogP contribution in [0.25, 0.3) is 0 Å². The van der Waals surface area contributed by atoms with E-state index in [2.05, 4.69) is 30.1 Å². The summed E-state index contributed by atoms with van der Waals surface area (Å²) in [4.78, 5) is 14.3. The first-order chi connectivity index (χ1) is 11.9. The molecule has 6 heteroatoms. The van der Waals surface area contributed by atoms with Gasteiger partial charge < -0.3 is 9.64 Å². The number of hydrogen-bond donors (Lipinski definition) is 1. The number of carbonyl (C=O) groups excluding carboxylic acids is 1. The van der Waals surface area contributed by atoms with Crippen molar-refractivity contribution < 1.29 is 9.53 Å². The van der Waals surface area contributed by atoms with Crippen LogP contribution in [0.1, 0.15) is 25.0 Å². The molecule has 0 aromatic heterocycles. The molecule has 0 aliphatic carbocycles. The SMILES string of the molecule is CCN(CC)c1ccc(NC(=O)OCc2cc(Cl)ccc2Cl)c(C)c1. The molecular weight excluding hydrogens is 359 g/mol. The number of halogens is 2. The van der Waals surface area contributed by atoms with Crippen molar-refractivity contribution in [3.05, 3.63) is 57.6 Å². The van der Waals surface area contributed by atoms with Crippen molar-refractivity contribution in [1.29, 1.82) is 0 Å². The maximum absolute atomic E-state index is 12.0. The van der Waals surface area contributed by atoms with E-state index in [-0.39, 0.29) is 6.61 Å². The second kappa shape index (κ2) is 8.97. The number of carbonyl (C=O) groups is 1. The zero-order valence-corrected chi connectivity index (χ0v) is 16.1. The van der Waals surface area contributed by atoms with Gasteiger partial charge in [0.15, 0.2) is 0 Å². The van der Waals surface area contributed by atoms with Crippen LogP contribution in [0.5, 0.6) is 0 Å². The van der Waals surface area contributed by atoms with Crippen LogP contribution in [0, 0.1) is 6.92 Å². The van der Waals surface area contributed by atoms with Crippen LogP contribution < -0.4 is 10.2 Å². The number of nitrogens with zero attached hydrogens (tertiary/aromatic N) is 1. The molecule has 0 fully saturated rings. The molecule has 0 spiro atoms. The number of ether oxygens (including phenoxy) is 1. The normalized spacial score (nSPS) is 10.4. The molecule has 0 bridgehead atoms. The van der Waals surface area contributed by atoms with Crippen LogP contribution in [0.3, 0.4) is 0 Å². The highest BCUT2D eigenvalue weighted by atomic mass is 35.5. The van der Waals surface area contributed by atoms with Gasteiger partial charge in [0, 0.05) is 40.1 Å². The summed E-state index contributed by atoms with van der Waals surface area (Å²) in [5, 5.41) is 3.82. The highest BCUT2D eigenvalue weighted by Crippen LogP contribution is 2.24. The van der Waals surface area contributed by atoms with Gasteiger partial charge in [-0.2, -0.15) is 0 Å². The van der Waals surface area contributed by atoms with Crippen LogP contribution in [0.15, 0.2) is 36.4 Å². The molecular formula is C19H22Cl2N2O2. The second-order valence-corrected chi connectivity index (χ2v) is 6.45. The Balaban J connectivity index is 1.99. The van der Waals surface area contributed by atoms with Gasteiger partial charge in [0.2, 0.25) is 0 Å². The first kappa shape index (κ1) is 19.4. The van der Waals surface area contributed by atoms with Gasteiger partial charge in [-0.25, -0.2) is 4.79 Å². The van der Waals surface area contributed by atoms with Crippen molar-refractivity contribution in [1.82, 2.24) is 0 Å². The fourth-order valence-electron chi connectivity index (χ4n) is 2.52. The van der Waals surface area contributed by atoms with Crippen molar-refractivity contribution in [2.45, 2.75) is 27.4 Å². The van der Waals surface area contributed by atoms with Crippen molar-refractivity contribution in [2.24, 2.45) is 0 Å². The number of hydrogen-bond acceptors (Lipinski definition) is 3. The monoisotopic (exact) mass is 380 g/mol. The van der Waals surface area contributed by atoms with E-state index in [9.17, 15) is 4.79 Å². The lowest BCUT2D eigenvalue weighted by Gasteiger charge is -2.22. The van der Waals surface area contributed by atoms with Crippen LogP contribution in [0.4, 0.5) is 16.2 Å². The third-order valence-electron chi connectivity index (χ3n) is 3.94. The zero-order chi connectivity index (χ0) is 18.4. The van der Waals surface area contributed by atoms with Gasteiger partial charge >= 0.3 is 6.09 Å². The van der Waals surface area contributed by atoms with E-state index in [1.54, 1.807) is 18.2 Å². The van der Waals surface area contributed by atoms with E-state index in [1.807, 2.05) is 19.1 Å². The van der Waals surface area contributed by atoms with Crippen LogP contribution >= 0.6 is 23.2 Å². The molecule has 0 radical (unpaired) electrons. The molecule has 134 valence electrons. The van der Waals surface area contributed by atoms with Crippen LogP contribution in [0.2, 0.25) is 10.0 Å². The molecule has 1 amide bonds. The number of benzene rings is 2. The molecule has 2 rings (SSSR count). The van der Waals surface area contributed by atoms with E-state index < -0.39 is 6.09 Å². The third kappa shape index (κ3) is 5.28. The van der Waals surface area contributed by atoms with Crippen molar-refractivity contribution >= 4 is 40.7 Å². The lowest BCUT2D eigenvalue weighted by Crippen LogP contribution is -2.22. The summed E-state index contributed by atoms with van der Waals surface area (Å²) < 4.78 is 5.24. The number of anilines is 2. The van der Waals surface area contributed by atoms with Gasteiger partial charge in [0.25, 0.3) is 0 Å². The molecule has 0 saturated carbocycles. The molecule has 0 unspecified atom stereocenters. The average molecular weight is 381 g/mol. The van der Waals surface area contributed by atoms with Gasteiger partial charge in [-0.1, -0.05) is 23.2 Å². The van der Waals surface area contributed by atoms with Gasteiger partial charge in [0.05, 0.1) is 0 Å². The Morgan fingerprint density at radius 3 is 2.48 bits per heavy atom. The molecule has 2 aromatic rings. The van der Waals surface area contributed by atoms with Crippen LogP contribution in [-0.2, 0) is 11.3 Å². The van der Waals surface area contributed by atoms with Gasteiger partial charge in [0.1, 0.15) is 6.61 Å². The van der Waals surface area contributed by atoms with Gasteiger partial charge in [-0.05, 0) is 62.7 Å². The minimum absolute atomic E-state index is 0.0573. The zero-order valence-electron chi connectivity index (χ0n) is 14.6. The molecule has 4 nitrogen and oxygen atoms in total. The maximum Gasteiger partial charge on any atom is 0.411 e. The number of aryl methyl sites for hydroxylation is 1. The Morgan fingerprint density at radius 1 is 1.12 bits per heavy atom. The van der Waals surface area contributed by atoms with E-state index in [0.717, 1.165) is 30.0 Å². The molecule has 0 saturated heterocycles. The van der Waals surface area contributed by atoms with Crippen molar-refractivity contribution in [3.63, 3.8) is 0 Å². The Bertz CT molecular complexity index is 746. The predicted molar refractivity (Wildman–Crippen MR) is 105 cm³/mol. The summed E-state index contributed by atoms with van der Waals surface area (Å²) in [5.74, 6) is 0. The van der Waals surface area contributed by atoms with E-state index in [0.29, 0.717) is 15.6 Å². The fraction of sp³-hybridized carbons (Fsp3) is 0.316. The minimum atomic E-state index is -0.533. The van der Waals surface area contributed by atoms with Crippen molar-refractivity contribution in [2.75, 3.05) is 23.3 Å². The van der Waals surface area contributed by atoms with Crippen LogP contribution in [-0.4, -0.2) is 19.2 Å². The molecule has 25 heavy (non-hydrogen) atoms. The smallest absolute Gasteiger partial charge is 0.411 e. The Hall–Kier alpha value is -1.91. The standard InChI is InChI=1S/C19H22Cl2N2O2/c1-4-23(5-2)16-7-9-18(13(3)10-16)22-19(24)25-12-14-11-15(20)6-8-17(14)21/h6-11H,4-5,12H2,1-3H3,(H,22,24). The molecule has 0 heterocycles. The second-order valence-electron chi connectivity index (χ2n) is 5.61. The largest absolute Gasteiger partial charge is 0.444 e. The third-order valence-corrected chi connectivity index (χ3v) is 4.55. The van der Waals surface area contributed by atoms with E-state index in [1.165, 1.54) is 0 Å². The molecule has 1 N–H and O–H groups in total. The highest BCUT2D eigenvalue weighted by molar-refractivity contribution is 6.33. The lowest BCUT2D eigenvalue weighted by molar-refractivity contribution is 0.155. The summed E-state index contributed by atoms with van der Waals surface area (Å²) in [6.07, 6.45) is -0.533. The highest BCUT2D eigenvalue weighted by Gasteiger charge is 2.10. The van der Waals surface area contributed by atoms with E-state index in [4.69, 9.17) is 27.9 Å². The van der Waals surface area contributed by atoms with E-state index >= 15 is 0 Å². The summed E-state index contributed by atoms with van der Waals surface area (Å²) in [6.45, 7) is 8.11. The maximum atomic E-state index is 12.0. The Labute approximate surface area is 158 Å². The topological polar surface area (TPSA) is 41.6 Å². The van der Waals surface area contributed by atoms with Crippen molar-refractivity contribution in [3.8, 4) is 0 Å². The number of rotatable bonds is 6. The summed E-state index contributed by atoms with van der Waals surface area (Å²) in [7, 11) is 0. The Kier molecular flexibility index (Phi) is 6.97.